The summed E-state index contributed by atoms with van der Waals surface area (Å²) < 4.78 is 0. The van der Waals surface area contributed by atoms with E-state index in [0.717, 1.165) is 32.0 Å². The molecule has 17 heavy (non-hydrogen) atoms. The van der Waals surface area contributed by atoms with Crippen molar-refractivity contribution < 1.29 is 4.79 Å². The van der Waals surface area contributed by atoms with Crippen molar-refractivity contribution in [3.05, 3.63) is 0 Å². The Balaban J connectivity index is 1.78. The van der Waals surface area contributed by atoms with E-state index in [4.69, 9.17) is 0 Å². The Labute approximate surface area is 104 Å². The molecule has 98 valence electrons. The van der Waals surface area contributed by atoms with Crippen molar-refractivity contribution in [3.8, 4) is 0 Å². The number of rotatable bonds is 3. The van der Waals surface area contributed by atoms with Crippen LogP contribution in [0.4, 0.5) is 0 Å². The second kappa shape index (κ2) is 6.36. The Morgan fingerprint density at radius 2 is 2.12 bits per heavy atom. The maximum Gasteiger partial charge on any atom is 0.224 e. The summed E-state index contributed by atoms with van der Waals surface area (Å²) in [4.78, 5) is 14.2. The van der Waals surface area contributed by atoms with Crippen LogP contribution in [0.5, 0.6) is 0 Å². The lowest BCUT2D eigenvalue weighted by molar-refractivity contribution is -0.126. The highest BCUT2D eigenvalue weighted by atomic mass is 16.1. The number of piperidine rings is 2. The molecule has 0 bridgehead atoms. The summed E-state index contributed by atoms with van der Waals surface area (Å²) in [6.07, 6.45) is 4.81. The van der Waals surface area contributed by atoms with Crippen molar-refractivity contribution in [1.29, 1.82) is 0 Å². The van der Waals surface area contributed by atoms with Gasteiger partial charge in [0.25, 0.3) is 0 Å². The van der Waals surface area contributed by atoms with Crippen LogP contribution in [0.15, 0.2) is 0 Å². The highest BCUT2D eigenvalue weighted by Crippen LogP contribution is 2.20. The molecule has 1 amide bonds. The molecule has 2 fully saturated rings. The quantitative estimate of drug-likeness (QED) is 0.751. The Kier molecular flexibility index (Phi) is 4.80. The highest BCUT2D eigenvalue weighted by molar-refractivity contribution is 5.78. The van der Waals surface area contributed by atoms with Crippen LogP contribution in [0.2, 0.25) is 0 Å². The van der Waals surface area contributed by atoms with Crippen molar-refractivity contribution in [2.45, 2.75) is 25.7 Å². The van der Waals surface area contributed by atoms with Crippen LogP contribution in [0.1, 0.15) is 25.7 Å². The van der Waals surface area contributed by atoms with Gasteiger partial charge in [-0.2, -0.15) is 0 Å². The third-order valence-electron chi connectivity index (χ3n) is 4.10. The summed E-state index contributed by atoms with van der Waals surface area (Å²) in [6.45, 7) is 5.66. The van der Waals surface area contributed by atoms with Gasteiger partial charge in [-0.3, -0.25) is 4.79 Å². The zero-order chi connectivity index (χ0) is 12.1. The molecule has 1 atom stereocenters. The van der Waals surface area contributed by atoms with Gasteiger partial charge in [-0.15, -0.1) is 0 Å². The van der Waals surface area contributed by atoms with Gasteiger partial charge < -0.3 is 15.5 Å². The Bertz CT molecular complexity index is 251. The number of hydrogen-bond donors (Lipinski definition) is 2. The largest absolute Gasteiger partial charge is 0.359 e. The number of carbonyl (C=O) groups is 1. The maximum absolute atomic E-state index is 11.7. The molecule has 2 rings (SSSR count). The number of likely N-dealkylation sites (tertiary alicyclic amines) is 1. The lowest BCUT2D eigenvalue weighted by atomic mass is 9.93. The molecule has 4 nitrogen and oxygen atoms in total. The van der Waals surface area contributed by atoms with Crippen LogP contribution in [0.3, 0.4) is 0 Å². The van der Waals surface area contributed by atoms with Crippen molar-refractivity contribution in [3.63, 3.8) is 0 Å². The van der Waals surface area contributed by atoms with Crippen molar-refractivity contribution in [2.24, 2.45) is 11.8 Å². The van der Waals surface area contributed by atoms with E-state index >= 15 is 0 Å². The van der Waals surface area contributed by atoms with Gasteiger partial charge in [0, 0.05) is 20.1 Å². The van der Waals surface area contributed by atoms with E-state index in [9.17, 15) is 4.79 Å². The van der Waals surface area contributed by atoms with Gasteiger partial charge in [0.1, 0.15) is 0 Å². The van der Waals surface area contributed by atoms with Gasteiger partial charge in [0.15, 0.2) is 0 Å². The second-order valence-electron chi connectivity index (χ2n) is 5.41. The molecule has 0 aromatic carbocycles. The Hall–Kier alpha value is -0.610. The molecule has 4 heteroatoms. The monoisotopic (exact) mass is 239 g/mol. The molecule has 2 N–H and O–H groups in total. The number of carbonyl (C=O) groups excluding carboxylic acids is 1. The van der Waals surface area contributed by atoms with Crippen molar-refractivity contribution in [1.82, 2.24) is 15.5 Å². The minimum absolute atomic E-state index is 0.218. The molecule has 2 heterocycles. The minimum Gasteiger partial charge on any atom is -0.359 e. The fraction of sp³-hybridized carbons (Fsp3) is 0.923. The first-order chi connectivity index (χ1) is 8.29. The van der Waals surface area contributed by atoms with E-state index in [2.05, 4.69) is 15.5 Å². The molecular weight excluding hydrogens is 214 g/mol. The average Bonchev–Trinajstić information content (AvgIpc) is 2.39. The van der Waals surface area contributed by atoms with E-state index in [1.54, 1.807) is 7.05 Å². The zero-order valence-corrected chi connectivity index (χ0v) is 10.9. The predicted octanol–water partition coefficient (Wildman–Crippen LogP) is 0.444. The van der Waals surface area contributed by atoms with E-state index in [0.29, 0.717) is 0 Å². The molecule has 2 aliphatic rings. The van der Waals surface area contributed by atoms with Crippen LogP contribution >= 0.6 is 0 Å². The first-order valence-corrected chi connectivity index (χ1v) is 6.94. The summed E-state index contributed by atoms with van der Waals surface area (Å²) in [5.74, 6) is 1.27. The minimum atomic E-state index is 0.218. The number of amides is 1. The summed E-state index contributed by atoms with van der Waals surface area (Å²) in [6, 6.07) is 0. The fourth-order valence-corrected chi connectivity index (χ4v) is 3.07. The molecule has 0 radical (unpaired) electrons. The molecule has 0 aliphatic carbocycles. The summed E-state index contributed by atoms with van der Waals surface area (Å²) in [5.41, 5.74) is 0. The summed E-state index contributed by atoms with van der Waals surface area (Å²) in [7, 11) is 1.74. The number of nitrogens with zero attached hydrogens (tertiary/aromatic N) is 1. The van der Waals surface area contributed by atoms with Gasteiger partial charge in [-0.25, -0.2) is 0 Å². The van der Waals surface area contributed by atoms with Crippen molar-refractivity contribution >= 4 is 5.91 Å². The third-order valence-corrected chi connectivity index (χ3v) is 4.10. The smallest absolute Gasteiger partial charge is 0.224 e. The number of nitrogens with one attached hydrogen (secondary N) is 2. The molecule has 0 spiro atoms. The lowest BCUT2D eigenvalue weighted by Gasteiger charge is -2.35. The Morgan fingerprint density at radius 3 is 2.82 bits per heavy atom. The van der Waals surface area contributed by atoms with E-state index < -0.39 is 0 Å². The van der Waals surface area contributed by atoms with E-state index in [1.165, 1.54) is 32.4 Å². The highest BCUT2D eigenvalue weighted by Gasteiger charge is 2.26. The average molecular weight is 239 g/mol. The van der Waals surface area contributed by atoms with Gasteiger partial charge in [-0.1, -0.05) is 0 Å². The van der Waals surface area contributed by atoms with Crippen molar-refractivity contribution in [2.75, 3.05) is 39.8 Å². The lowest BCUT2D eigenvalue weighted by Crippen LogP contribution is -2.45. The molecule has 0 aromatic heterocycles. The maximum atomic E-state index is 11.7. The standard InChI is InChI=1S/C13H25N3O/c1-14-13(17)12-3-2-8-16(10-12)9-11-4-6-15-7-5-11/h11-12,15H,2-10H2,1H3,(H,14,17). The first-order valence-electron chi connectivity index (χ1n) is 6.94. The van der Waals surface area contributed by atoms with Crippen LogP contribution in [0, 0.1) is 11.8 Å². The summed E-state index contributed by atoms with van der Waals surface area (Å²) >= 11 is 0. The van der Waals surface area contributed by atoms with Gasteiger partial charge in [0.2, 0.25) is 5.91 Å². The fourth-order valence-electron chi connectivity index (χ4n) is 3.07. The molecule has 0 saturated carbocycles. The number of hydrogen-bond acceptors (Lipinski definition) is 3. The van der Waals surface area contributed by atoms with Gasteiger partial charge in [-0.05, 0) is 51.2 Å². The Morgan fingerprint density at radius 1 is 1.35 bits per heavy atom. The topological polar surface area (TPSA) is 44.4 Å². The first kappa shape index (κ1) is 12.8. The molecule has 2 aliphatic heterocycles. The normalized spacial score (nSPS) is 27.9. The van der Waals surface area contributed by atoms with Crippen LogP contribution < -0.4 is 10.6 Å². The molecule has 0 aromatic rings. The molecule has 2 saturated heterocycles. The van der Waals surface area contributed by atoms with E-state index in [-0.39, 0.29) is 11.8 Å². The van der Waals surface area contributed by atoms with Crippen LogP contribution in [0.25, 0.3) is 0 Å². The van der Waals surface area contributed by atoms with Crippen LogP contribution in [-0.2, 0) is 4.79 Å². The summed E-state index contributed by atoms with van der Waals surface area (Å²) in [5, 5.41) is 6.19. The van der Waals surface area contributed by atoms with Gasteiger partial charge >= 0.3 is 0 Å². The third kappa shape index (κ3) is 3.68. The SMILES string of the molecule is CNC(=O)C1CCCN(CC2CCNCC2)C1. The molecular formula is C13H25N3O. The predicted molar refractivity (Wildman–Crippen MR) is 68.8 cm³/mol. The molecule has 1 unspecified atom stereocenters. The van der Waals surface area contributed by atoms with Gasteiger partial charge in [0.05, 0.1) is 5.92 Å². The zero-order valence-electron chi connectivity index (χ0n) is 10.9. The van der Waals surface area contributed by atoms with E-state index in [1.807, 2.05) is 0 Å². The second-order valence-corrected chi connectivity index (χ2v) is 5.41. The van der Waals surface area contributed by atoms with Crippen LogP contribution in [-0.4, -0.2) is 50.6 Å².